The topological polar surface area (TPSA) is 82.2 Å². The number of nitro groups is 1. The lowest BCUT2D eigenvalue weighted by molar-refractivity contribution is -0.385. The van der Waals surface area contributed by atoms with Gasteiger partial charge >= 0.3 is 0 Å². The van der Waals surface area contributed by atoms with Gasteiger partial charge in [-0.05, 0) is 18.6 Å². The Hall–Kier alpha value is -2.41. The van der Waals surface area contributed by atoms with Crippen LogP contribution in [0.15, 0.2) is 36.9 Å². The van der Waals surface area contributed by atoms with Crippen molar-refractivity contribution in [1.29, 1.82) is 0 Å². The third-order valence-corrected chi connectivity index (χ3v) is 3.10. The molecule has 0 aliphatic heterocycles. The quantitative estimate of drug-likeness (QED) is 0.623. The van der Waals surface area contributed by atoms with Crippen LogP contribution >= 0.6 is 0 Å². The Labute approximate surface area is 122 Å². The van der Waals surface area contributed by atoms with Gasteiger partial charge in [-0.3, -0.25) is 10.1 Å². The largest absolute Gasteiger partial charge is 0.496 e. The maximum Gasteiger partial charge on any atom is 0.273 e. The summed E-state index contributed by atoms with van der Waals surface area (Å²) in [5.74, 6) is 0.489. The van der Waals surface area contributed by atoms with E-state index in [0.29, 0.717) is 12.3 Å². The van der Waals surface area contributed by atoms with Gasteiger partial charge in [0.15, 0.2) is 0 Å². The summed E-state index contributed by atoms with van der Waals surface area (Å²) >= 11 is 0. The van der Waals surface area contributed by atoms with Crippen molar-refractivity contribution in [2.45, 2.75) is 26.1 Å². The van der Waals surface area contributed by atoms with Crippen molar-refractivity contribution in [2.75, 3.05) is 7.11 Å². The Morgan fingerprint density at radius 3 is 2.90 bits per heavy atom. The van der Waals surface area contributed by atoms with E-state index in [1.54, 1.807) is 24.7 Å². The minimum atomic E-state index is -0.416. The third-order valence-electron chi connectivity index (χ3n) is 3.10. The number of hydrogen-bond donors (Lipinski definition) is 1. The molecule has 1 atom stereocenters. The van der Waals surface area contributed by atoms with Crippen LogP contribution in [-0.2, 0) is 13.1 Å². The molecule has 0 aliphatic carbocycles. The van der Waals surface area contributed by atoms with E-state index in [-0.39, 0.29) is 11.7 Å². The predicted molar refractivity (Wildman–Crippen MR) is 78.2 cm³/mol. The molecule has 112 valence electrons. The lowest BCUT2D eigenvalue weighted by Gasteiger charge is -2.14. The number of methoxy groups -OCH3 is 1. The molecule has 0 spiro atoms. The fourth-order valence-electron chi connectivity index (χ4n) is 2.04. The number of rotatable bonds is 7. The average Bonchev–Trinajstić information content (AvgIpc) is 2.97. The Balaban J connectivity index is 1.98. The van der Waals surface area contributed by atoms with E-state index in [0.717, 1.165) is 12.1 Å². The van der Waals surface area contributed by atoms with Crippen LogP contribution in [0.25, 0.3) is 0 Å². The van der Waals surface area contributed by atoms with Crippen LogP contribution in [0.4, 0.5) is 5.69 Å². The van der Waals surface area contributed by atoms with E-state index in [2.05, 4.69) is 17.2 Å². The number of nitrogens with zero attached hydrogens (tertiary/aromatic N) is 3. The Morgan fingerprint density at radius 1 is 1.48 bits per heavy atom. The van der Waals surface area contributed by atoms with Gasteiger partial charge in [-0.25, -0.2) is 4.98 Å². The van der Waals surface area contributed by atoms with Gasteiger partial charge in [0.25, 0.3) is 5.69 Å². The molecule has 7 heteroatoms. The van der Waals surface area contributed by atoms with Crippen LogP contribution in [-0.4, -0.2) is 27.6 Å². The van der Waals surface area contributed by atoms with Crippen LogP contribution in [0, 0.1) is 10.1 Å². The van der Waals surface area contributed by atoms with Gasteiger partial charge < -0.3 is 14.6 Å². The summed E-state index contributed by atoms with van der Waals surface area (Å²) in [5.41, 5.74) is 0.854. The molecule has 0 fully saturated rings. The number of non-ortho nitro benzene ring substituents is 1. The SMILES string of the molecule is COc1cc(CNC(C)Cn2ccnc2)cc([N+](=O)[O-])c1. The molecule has 1 unspecified atom stereocenters. The number of benzene rings is 1. The minimum Gasteiger partial charge on any atom is -0.496 e. The molecule has 2 rings (SSSR count). The molecule has 21 heavy (non-hydrogen) atoms. The van der Waals surface area contributed by atoms with Gasteiger partial charge in [-0.1, -0.05) is 0 Å². The number of nitro benzene ring substituents is 1. The second kappa shape index (κ2) is 6.85. The molecule has 1 heterocycles. The number of aromatic nitrogens is 2. The second-order valence-corrected chi connectivity index (χ2v) is 4.84. The number of nitrogens with one attached hydrogen (secondary N) is 1. The molecule has 0 amide bonds. The highest BCUT2D eigenvalue weighted by atomic mass is 16.6. The van der Waals surface area contributed by atoms with Gasteiger partial charge in [-0.2, -0.15) is 0 Å². The monoisotopic (exact) mass is 290 g/mol. The summed E-state index contributed by atoms with van der Waals surface area (Å²) in [6, 6.07) is 4.98. The maximum absolute atomic E-state index is 10.9. The van der Waals surface area contributed by atoms with E-state index in [1.807, 2.05) is 10.8 Å². The maximum atomic E-state index is 10.9. The van der Waals surface area contributed by atoms with Crippen molar-refractivity contribution >= 4 is 5.69 Å². The summed E-state index contributed by atoms with van der Waals surface area (Å²) < 4.78 is 7.07. The molecule has 2 aromatic rings. The molecular formula is C14H18N4O3. The van der Waals surface area contributed by atoms with Crippen LogP contribution in [0.1, 0.15) is 12.5 Å². The third kappa shape index (κ3) is 4.28. The van der Waals surface area contributed by atoms with Crippen molar-refractivity contribution < 1.29 is 9.66 Å². The molecule has 1 N–H and O–H groups in total. The van der Waals surface area contributed by atoms with E-state index in [1.165, 1.54) is 13.2 Å². The fraction of sp³-hybridized carbons (Fsp3) is 0.357. The summed E-state index contributed by atoms with van der Waals surface area (Å²) in [6.45, 7) is 3.37. The first-order valence-corrected chi connectivity index (χ1v) is 6.60. The molecule has 1 aromatic carbocycles. The van der Waals surface area contributed by atoms with Gasteiger partial charge in [0.05, 0.1) is 24.4 Å². The standard InChI is InChI=1S/C14H18N4O3/c1-11(9-17-4-3-15-10-17)16-8-12-5-13(18(19)20)7-14(6-12)21-2/h3-7,10-11,16H,8-9H2,1-2H3. The summed E-state index contributed by atoms with van der Waals surface area (Å²) in [7, 11) is 1.50. The molecular weight excluding hydrogens is 272 g/mol. The number of imidazole rings is 1. The molecule has 0 radical (unpaired) electrons. The van der Waals surface area contributed by atoms with Gasteiger partial charge in [0, 0.05) is 37.6 Å². The highest BCUT2D eigenvalue weighted by molar-refractivity contribution is 5.42. The van der Waals surface area contributed by atoms with Crippen molar-refractivity contribution in [3.8, 4) is 5.75 Å². The van der Waals surface area contributed by atoms with Crippen LogP contribution in [0.2, 0.25) is 0 Å². The highest BCUT2D eigenvalue weighted by Gasteiger charge is 2.11. The Morgan fingerprint density at radius 2 is 2.29 bits per heavy atom. The lowest BCUT2D eigenvalue weighted by Crippen LogP contribution is -2.29. The first kappa shape index (κ1) is 15.0. The number of hydrogen-bond acceptors (Lipinski definition) is 5. The molecule has 0 bridgehead atoms. The zero-order chi connectivity index (χ0) is 15.2. The Kier molecular flexibility index (Phi) is 4.89. The van der Waals surface area contributed by atoms with Gasteiger partial charge in [0.2, 0.25) is 0 Å². The molecule has 0 aliphatic rings. The summed E-state index contributed by atoms with van der Waals surface area (Å²) in [5, 5.41) is 14.2. The van der Waals surface area contributed by atoms with Gasteiger partial charge in [-0.15, -0.1) is 0 Å². The number of ether oxygens (including phenoxy) is 1. The van der Waals surface area contributed by atoms with E-state index >= 15 is 0 Å². The predicted octanol–water partition coefficient (Wildman–Crippen LogP) is 1.98. The van der Waals surface area contributed by atoms with Gasteiger partial charge in [0.1, 0.15) is 5.75 Å². The van der Waals surface area contributed by atoms with Crippen molar-refractivity contribution in [3.63, 3.8) is 0 Å². The van der Waals surface area contributed by atoms with E-state index in [4.69, 9.17) is 4.74 Å². The second-order valence-electron chi connectivity index (χ2n) is 4.84. The minimum absolute atomic E-state index is 0.0356. The van der Waals surface area contributed by atoms with Crippen LogP contribution < -0.4 is 10.1 Å². The molecule has 0 saturated heterocycles. The van der Waals surface area contributed by atoms with E-state index in [9.17, 15) is 10.1 Å². The summed E-state index contributed by atoms with van der Waals surface area (Å²) in [4.78, 5) is 14.5. The smallest absolute Gasteiger partial charge is 0.273 e. The molecule has 1 aromatic heterocycles. The summed E-state index contributed by atoms with van der Waals surface area (Å²) in [6.07, 6.45) is 5.39. The Bertz CT molecular complexity index is 598. The van der Waals surface area contributed by atoms with Crippen molar-refractivity contribution in [2.24, 2.45) is 0 Å². The first-order chi connectivity index (χ1) is 10.1. The zero-order valence-electron chi connectivity index (χ0n) is 12.0. The normalized spacial score (nSPS) is 12.1. The highest BCUT2D eigenvalue weighted by Crippen LogP contribution is 2.22. The van der Waals surface area contributed by atoms with Crippen molar-refractivity contribution in [3.05, 3.63) is 52.6 Å². The fourth-order valence-corrected chi connectivity index (χ4v) is 2.04. The van der Waals surface area contributed by atoms with Crippen LogP contribution in [0.3, 0.4) is 0 Å². The van der Waals surface area contributed by atoms with E-state index < -0.39 is 4.92 Å². The van der Waals surface area contributed by atoms with Crippen LogP contribution in [0.5, 0.6) is 5.75 Å². The van der Waals surface area contributed by atoms with Crippen molar-refractivity contribution in [1.82, 2.24) is 14.9 Å². The first-order valence-electron chi connectivity index (χ1n) is 6.60. The molecule has 0 saturated carbocycles. The molecule has 7 nitrogen and oxygen atoms in total. The lowest BCUT2D eigenvalue weighted by atomic mass is 10.1. The zero-order valence-corrected chi connectivity index (χ0v) is 12.0. The average molecular weight is 290 g/mol.